The van der Waals surface area contributed by atoms with Gasteiger partial charge in [0.1, 0.15) is 0 Å². The SMILES string of the molecule is CCC(C)CC(C)NC(=O)[C@@H](N)C(C)C. The summed E-state index contributed by atoms with van der Waals surface area (Å²) in [5.74, 6) is 0.817. The Labute approximate surface area is 93.8 Å². The van der Waals surface area contributed by atoms with Crippen molar-refractivity contribution in [3.8, 4) is 0 Å². The molecule has 0 aromatic heterocycles. The van der Waals surface area contributed by atoms with E-state index in [0.29, 0.717) is 5.92 Å². The highest BCUT2D eigenvalue weighted by Crippen LogP contribution is 2.09. The van der Waals surface area contributed by atoms with Crippen molar-refractivity contribution >= 4 is 5.91 Å². The Bertz CT molecular complexity index is 192. The highest BCUT2D eigenvalue weighted by molar-refractivity contribution is 5.81. The van der Waals surface area contributed by atoms with Crippen LogP contribution < -0.4 is 11.1 Å². The predicted octanol–water partition coefficient (Wildman–Crippen LogP) is 1.91. The molecule has 0 heterocycles. The van der Waals surface area contributed by atoms with E-state index in [0.717, 1.165) is 12.8 Å². The Hall–Kier alpha value is -0.570. The fourth-order valence-electron chi connectivity index (χ4n) is 1.47. The van der Waals surface area contributed by atoms with Crippen molar-refractivity contribution in [2.24, 2.45) is 17.6 Å². The van der Waals surface area contributed by atoms with Gasteiger partial charge in [0.05, 0.1) is 6.04 Å². The average Bonchev–Trinajstić information content (AvgIpc) is 2.15. The largest absolute Gasteiger partial charge is 0.352 e. The molecule has 0 rings (SSSR count). The van der Waals surface area contributed by atoms with E-state index < -0.39 is 0 Å². The molecule has 3 heteroatoms. The van der Waals surface area contributed by atoms with Crippen LogP contribution >= 0.6 is 0 Å². The Morgan fingerprint density at radius 3 is 2.20 bits per heavy atom. The number of nitrogens with one attached hydrogen (secondary N) is 1. The third kappa shape index (κ3) is 5.78. The van der Waals surface area contributed by atoms with Crippen LogP contribution in [0.2, 0.25) is 0 Å². The van der Waals surface area contributed by atoms with Gasteiger partial charge in [-0.2, -0.15) is 0 Å². The summed E-state index contributed by atoms with van der Waals surface area (Å²) in [5, 5.41) is 2.96. The average molecular weight is 214 g/mol. The molecule has 0 bridgehead atoms. The predicted molar refractivity (Wildman–Crippen MR) is 64.5 cm³/mol. The minimum Gasteiger partial charge on any atom is -0.352 e. The van der Waals surface area contributed by atoms with E-state index in [1.165, 1.54) is 0 Å². The highest BCUT2D eigenvalue weighted by atomic mass is 16.2. The molecule has 0 aliphatic rings. The standard InChI is InChI=1S/C12H26N2O/c1-6-9(4)7-10(5)14-12(15)11(13)8(2)3/h8-11H,6-7,13H2,1-5H3,(H,14,15)/t9?,10?,11-/m0/s1. The van der Waals surface area contributed by atoms with Gasteiger partial charge in [0.25, 0.3) is 0 Å². The highest BCUT2D eigenvalue weighted by Gasteiger charge is 2.19. The van der Waals surface area contributed by atoms with Crippen molar-refractivity contribution in [1.82, 2.24) is 5.32 Å². The van der Waals surface area contributed by atoms with Gasteiger partial charge >= 0.3 is 0 Å². The van der Waals surface area contributed by atoms with Gasteiger partial charge in [-0.15, -0.1) is 0 Å². The van der Waals surface area contributed by atoms with Crippen LogP contribution in [0.15, 0.2) is 0 Å². The van der Waals surface area contributed by atoms with Crippen molar-refractivity contribution in [2.45, 2.75) is 59.5 Å². The molecule has 3 N–H and O–H groups in total. The lowest BCUT2D eigenvalue weighted by Crippen LogP contribution is -2.47. The Balaban J connectivity index is 3.96. The lowest BCUT2D eigenvalue weighted by atomic mass is 9.99. The molecule has 0 aromatic rings. The second kappa shape index (κ2) is 6.83. The third-order valence-corrected chi connectivity index (χ3v) is 2.86. The van der Waals surface area contributed by atoms with E-state index in [1.54, 1.807) is 0 Å². The van der Waals surface area contributed by atoms with Crippen LogP contribution in [0, 0.1) is 11.8 Å². The third-order valence-electron chi connectivity index (χ3n) is 2.86. The Morgan fingerprint density at radius 1 is 1.27 bits per heavy atom. The zero-order valence-electron chi connectivity index (χ0n) is 10.7. The summed E-state index contributed by atoms with van der Waals surface area (Å²) in [5.41, 5.74) is 5.76. The molecule has 1 amide bonds. The fourth-order valence-corrected chi connectivity index (χ4v) is 1.47. The molecule has 0 aromatic carbocycles. The van der Waals surface area contributed by atoms with Gasteiger partial charge in [-0.25, -0.2) is 0 Å². The van der Waals surface area contributed by atoms with Gasteiger partial charge in [0.2, 0.25) is 5.91 Å². The molecule has 2 unspecified atom stereocenters. The minimum absolute atomic E-state index is 0.0270. The molecule has 0 saturated heterocycles. The van der Waals surface area contributed by atoms with Gasteiger partial charge in [-0.05, 0) is 25.2 Å². The first-order valence-electron chi connectivity index (χ1n) is 5.94. The zero-order chi connectivity index (χ0) is 12.0. The van der Waals surface area contributed by atoms with Gasteiger partial charge < -0.3 is 11.1 Å². The van der Waals surface area contributed by atoms with E-state index in [-0.39, 0.29) is 23.9 Å². The second-order valence-corrected chi connectivity index (χ2v) is 4.93. The maximum absolute atomic E-state index is 11.6. The quantitative estimate of drug-likeness (QED) is 0.709. The molecule has 0 fully saturated rings. The molecular weight excluding hydrogens is 188 g/mol. The molecule has 3 atom stereocenters. The number of rotatable bonds is 6. The lowest BCUT2D eigenvalue weighted by molar-refractivity contribution is -0.123. The molecule has 0 aliphatic heterocycles. The summed E-state index contributed by atoms with van der Waals surface area (Å²) in [4.78, 5) is 11.6. The molecule has 0 aliphatic carbocycles. The number of hydrogen-bond donors (Lipinski definition) is 2. The topological polar surface area (TPSA) is 55.1 Å². The molecule has 90 valence electrons. The summed E-state index contributed by atoms with van der Waals surface area (Å²) >= 11 is 0. The van der Waals surface area contributed by atoms with E-state index in [9.17, 15) is 4.79 Å². The summed E-state index contributed by atoms with van der Waals surface area (Å²) in [6, 6.07) is -0.165. The monoisotopic (exact) mass is 214 g/mol. The lowest BCUT2D eigenvalue weighted by Gasteiger charge is -2.21. The first kappa shape index (κ1) is 14.4. The normalized spacial score (nSPS) is 17.3. The fraction of sp³-hybridized carbons (Fsp3) is 0.917. The molecular formula is C12H26N2O. The van der Waals surface area contributed by atoms with Crippen molar-refractivity contribution in [3.05, 3.63) is 0 Å². The van der Waals surface area contributed by atoms with Crippen molar-refractivity contribution in [1.29, 1.82) is 0 Å². The van der Waals surface area contributed by atoms with Crippen LogP contribution in [0.3, 0.4) is 0 Å². The summed E-state index contributed by atoms with van der Waals surface area (Å²) < 4.78 is 0. The number of nitrogens with two attached hydrogens (primary N) is 1. The van der Waals surface area contributed by atoms with E-state index in [4.69, 9.17) is 5.73 Å². The number of carbonyl (C=O) groups excluding carboxylic acids is 1. The van der Waals surface area contributed by atoms with Gasteiger partial charge in [-0.1, -0.05) is 34.1 Å². The maximum atomic E-state index is 11.6. The summed E-state index contributed by atoms with van der Waals surface area (Å²) in [6.07, 6.45) is 2.17. The summed E-state index contributed by atoms with van der Waals surface area (Å²) in [7, 11) is 0. The van der Waals surface area contributed by atoms with E-state index in [1.807, 2.05) is 20.8 Å². The summed E-state index contributed by atoms with van der Waals surface area (Å²) in [6.45, 7) is 10.3. The van der Waals surface area contributed by atoms with Gasteiger partial charge in [-0.3, -0.25) is 4.79 Å². The van der Waals surface area contributed by atoms with Crippen molar-refractivity contribution in [3.63, 3.8) is 0 Å². The molecule has 0 spiro atoms. The zero-order valence-corrected chi connectivity index (χ0v) is 10.7. The minimum atomic E-state index is -0.385. The molecule has 15 heavy (non-hydrogen) atoms. The van der Waals surface area contributed by atoms with Crippen molar-refractivity contribution in [2.75, 3.05) is 0 Å². The molecule has 3 nitrogen and oxygen atoms in total. The smallest absolute Gasteiger partial charge is 0.237 e. The molecule has 0 saturated carbocycles. The number of hydrogen-bond acceptors (Lipinski definition) is 2. The van der Waals surface area contributed by atoms with Gasteiger partial charge in [0.15, 0.2) is 0 Å². The second-order valence-electron chi connectivity index (χ2n) is 4.93. The number of carbonyl (C=O) groups is 1. The van der Waals surface area contributed by atoms with Crippen LogP contribution in [0.25, 0.3) is 0 Å². The van der Waals surface area contributed by atoms with Gasteiger partial charge in [0, 0.05) is 6.04 Å². The van der Waals surface area contributed by atoms with E-state index in [2.05, 4.69) is 19.2 Å². The van der Waals surface area contributed by atoms with E-state index >= 15 is 0 Å². The van der Waals surface area contributed by atoms with Crippen LogP contribution in [-0.2, 0) is 4.79 Å². The van der Waals surface area contributed by atoms with Crippen LogP contribution in [0.1, 0.15) is 47.5 Å². The van der Waals surface area contributed by atoms with Crippen molar-refractivity contribution < 1.29 is 4.79 Å². The van der Waals surface area contributed by atoms with Crippen LogP contribution in [-0.4, -0.2) is 18.0 Å². The number of amides is 1. The first-order chi connectivity index (χ1) is 6.88. The maximum Gasteiger partial charge on any atom is 0.237 e. The Morgan fingerprint density at radius 2 is 1.80 bits per heavy atom. The Kier molecular flexibility index (Phi) is 6.57. The first-order valence-corrected chi connectivity index (χ1v) is 5.94. The van der Waals surface area contributed by atoms with Crippen LogP contribution in [0.5, 0.6) is 0 Å². The van der Waals surface area contributed by atoms with Crippen LogP contribution in [0.4, 0.5) is 0 Å². The molecule has 0 radical (unpaired) electrons.